The van der Waals surface area contributed by atoms with Gasteiger partial charge < -0.3 is 11.1 Å². The van der Waals surface area contributed by atoms with E-state index >= 15 is 0 Å². The van der Waals surface area contributed by atoms with E-state index < -0.39 is 10.0 Å². The number of nitrogens with two attached hydrogens (primary N) is 1. The lowest BCUT2D eigenvalue weighted by molar-refractivity contribution is 0.556. The first-order chi connectivity index (χ1) is 6.02. The minimum absolute atomic E-state index is 0.102. The van der Waals surface area contributed by atoms with Crippen molar-refractivity contribution in [3.8, 4) is 0 Å². The molecule has 6 heteroatoms. The van der Waals surface area contributed by atoms with Crippen LogP contribution in [-0.2, 0) is 10.0 Å². The summed E-state index contributed by atoms with van der Waals surface area (Å²) in [7, 11) is -3.09. The van der Waals surface area contributed by atoms with Crippen LogP contribution in [0.15, 0.2) is 0 Å². The van der Waals surface area contributed by atoms with Crippen molar-refractivity contribution in [2.75, 3.05) is 25.4 Å². The van der Waals surface area contributed by atoms with E-state index in [1.165, 1.54) is 0 Å². The van der Waals surface area contributed by atoms with Gasteiger partial charge >= 0.3 is 0 Å². The summed E-state index contributed by atoms with van der Waals surface area (Å²) >= 11 is 0. The van der Waals surface area contributed by atoms with E-state index in [0.717, 1.165) is 0 Å². The molecule has 0 fully saturated rings. The van der Waals surface area contributed by atoms with Gasteiger partial charge in [0.1, 0.15) is 0 Å². The second-order valence-electron chi connectivity index (χ2n) is 2.91. The fourth-order valence-electron chi connectivity index (χ4n) is 0.815. The fourth-order valence-corrected chi connectivity index (χ4v) is 1.79. The van der Waals surface area contributed by atoms with Crippen molar-refractivity contribution in [2.24, 2.45) is 5.73 Å². The van der Waals surface area contributed by atoms with Gasteiger partial charge in [-0.15, -0.1) is 0 Å². The number of rotatable bonds is 7. The average molecular weight is 209 g/mol. The van der Waals surface area contributed by atoms with Gasteiger partial charge in [-0.3, -0.25) is 0 Å². The smallest absolute Gasteiger partial charge is 0.212 e. The second kappa shape index (κ2) is 6.31. The second-order valence-corrected chi connectivity index (χ2v) is 4.83. The van der Waals surface area contributed by atoms with Crippen LogP contribution in [-0.4, -0.2) is 39.8 Å². The largest absolute Gasteiger partial charge is 0.329 e. The van der Waals surface area contributed by atoms with E-state index in [4.69, 9.17) is 5.73 Å². The van der Waals surface area contributed by atoms with Gasteiger partial charge in [0.25, 0.3) is 0 Å². The third-order valence-corrected chi connectivity index (χ3v) is 3.05. The molecule has 0 aromatic carbocycles. The summed E-state index contributed by atoms with van der Waals surface area (Å²) in [6, 6.07) is 0.164. The molecule has 1 atom stereocenters. The molecule has 0 spiro atoms. The molecule has 0 amide bonds. The average Bonchev–Trinajstić information content (AvgIpc) is 2.03. The van der Waals surface area contributed by atoms with Crippen LogP contribution in [0, 0.1) is 0 Å². The minimum atomic E-state index is -3.09. The Morgan fingerprint density at radius 2 is 2.08 bits per heavy atom. The molecule has 0 bridgehead atoms. The number of nitrogens with one attached hydrogen (secondary N) is 2. The Bertz CT molecular complexity index is 216. The van der Waals surface area contributed by atoms with Gasteiger partial charge in [0.05, 0.1) is 5.75 Å². The maximum absolute atomic E-state index is 11.1. The zero-order valence-corrected chi connectivity index (χ0v) is 9.02. The molecule has 4 N–H and O–H groups in total. The topological polar surface area (TPSA) is 84.2 Å². The first-order valence-corrected chi connectivity index (χ1v) is 6.08. The number of hydrogen-bond acceptors (Lipinski definition) is 4. The Hall–Kier alpha value is -0.170. The van der Waals surface area contributed by atoms with Crippen molar-refractivity contribution < 1.29 is 8.42 Å². The Balaban J connectivity index is 3.64. The van der Waals surface area contributed by atoms with E-state index in [-0.39, 0.29) is 11.8 Å². The van der Waals surface area contributed by atoms with Crippen LogP contribution in [0.2, 0.25) is 0 Å². The fraction of sp³-hybridized carbons (Fsp3) is 1.00. The third kappa shape index (κ3) is 6.94. The highest BCUT2D eigenvalue weighted by molar-refractivity contribution is 7.89. The molecule has 0 heterocycles. The standard InChI is InChI=1S/C7H19N3O2S/c1-3-10-13(11,12)5-4-9-7(2)6-8/h7,9-10H,3-6,8H2,1-2H3. The van der Waals surface area contributed by atoms with Gasteiger partial charge in [-0.25, -0.2) is 13.1 Å². The summed E-state index contributed by atoms with van der Waals surface area (Å²) < 4.78 is 24.7. The minimum Gasteiger partial charge on any atom is -0.329 e. The summed E-state index contributed by atoms with van der Waals surface area (Å²) in [5, 5.41) is 3.00. The van der Waals surface area contributed by atoms with E-state index in [0.29, 0.717) is 19.6 Å². The molecule has 0 aliphatic heterocycles. The normalized spacial score (nSPS) is 14.4. The Morgan fingerprint density at radius 1 is 1.46 bits per heavy atom. The van der Waals surface area contributed by atoms with E-state index in [1.807, 2.05) is 6.92 Å². The van der Waals surface area contributed by atoms with E-state index in [2.05, 4.69) is 10.0 Å². The molecule has 1 unspecified atom stereocenters. The van der Waals surface area contributed by atoms with Gasteiger partial charge in [0, 0.05) is 25.7 Å². The maximum atomic E-state index is 11.1. The van der Waals surface area contributed by atoms with Crippen LogP contribution < -0.4 is 15.8 Å². The van der Waals surface area contributed by atoms with Gasteiger partial charge in [0.15, 0.2) is 0 Å². The molecule has 0 rings (SSSR count). The van der Waals surface area contributed by atoms with E-state index in [1.54, 1.807) is 6.92 Å². The van der Waals surface area contributed by atoms with Crippen LogP contribution in [0.25, 0.3) is 0 Å². The lowest BCUT2D eigenvalue weighted by Crippen LogP contribution is -2.38. The molecule has 0 radical (unpaired) electrons. The lowest BCUT2D eigenvalue weighted by Gasteiger charge is -2.10. The first-order valence-electron chi connectivity index (χ1n) is 4.42. The van der Waals surface area contributed by atoms with E-state index in [9.17, 15) is 8.42 Å². The van der Waals surface area contributed by atoms with Crippen LogP contribution in [0.3, 0.4) is 0 Å². The molecule has 5 nitrogen and oxygen atoms in total. The summed E-state index contributed by atoms with van der Waals surface area (Å²) in [5.41, 5.74) is 5.35. The molecule has 0 aromatic heterocycles. The predicted octanol–water partition coefficient (Wildman–Crippen LogP) is -1.14. The predicted molar refractivity (Wildman–Crippen MR) is 54.0 cm³/mol. The summed E-state index contributed by atoms with van der Waals surface area (Å²) in [6.07, 6.45) is 0. The van der Waals surface area contributed by atoms with Gasteiger partial charge in [-0.05, 0) is 6.92 Å². The molecule has 13 heavy (non-hydrogen) atoms. The van der Waals surface area contributed by atoms with Crippen LogP contribution >= 0.6 is 0 Å². The molecule has 0 aromatic rings. The quantitative estimate of drug-likeness (QED) is 0.495. The molecule has 0 aliphatic rings. The number of hydrogen-bond donors (Lipinski definition) is 3. The first kappa shape index (κ1) is 12.8. The monoisotopic (exact) mass is 209 g/mol. The van der Waals surface area contributed by atoms with Crippen molar-refractivity contribution in [1.29, 1.82) is 0 Å². The highest BCUT2D eigenvalue weighted by Gasteiger charge is 2.07. The van der Waals surface area contributed by atoms with Crippen molar-refractivity contribution in [2.45, 2.75) is 19.9 Å². The van der Waals surface area contributed by atoms with Gasteiger partial charge in [-0.2, -0.15) is 0 Å². The highest BCUT2D eigenvalue weighted by Crippen LogP contribution is 1.83. The van der Waals surface area contributed by atoms with Gasteiger partial charge in [-0.1, -0.05) is 6.92 Å². The van der Waals surface area contributed by atoms with Crippen molar-refractivity contribution in [1.82, 2.24) is 10.0 Å². The molecule has 0 saturated carbocycles. The third-order valence-electron chi connectivity index (χ3n) is 1.58. The summed E-state index contributed by atoms with van der Waals surface area (Å²) in [6.45, 7) is 5.07. The summed E-state index contributed by atoms with van der Waals surface area (Å²) in [4.78, 5) is 0. The Kier molecular flexibility index (Phi) is 6.23. The van der Waals surface area contributed by atoms with Crippen molar-refractivity contribution >= 4 is 10.0 Å². The molecular weight excluding hydrogens is 190 g/mol. The highest BCUT2D eigenvalue weighted by atomic mass is 32.2. The van der Waals surface area contributed by atoms with Crippen molar-refractivity contribution in [3.05, 3.63) is 0 Å². The van der Waals surface area contributed by atoms with Crippen LogP contribution in [0.4, 0.5) is 0 Å². The van der Waals surface area contributed by atoms with Gasteiger partial charge in [0.2, 0.25) is 10.0 Å². The Labute approximate surface area is 80.1 Å². The lowest BCUT2D eigenvalue weighted by atomic mass is 10.3. The molecule has 0 aliphatic carbocycles. The van der Waals surface area contributed by atoms with Crippen LogP contribution in [0.5, 0.6) is 0 Å². The summed E-state index contributed by atoms with van der Waals surface area (Å²) in [5.74, 6) is 0.102. The van der Waals surface area contributed by atoms with Crippen LogP contribution in [0.1, 0.15) is 13.8 Å². The molecular formula is C7H19N3O2S. The number of sulfonamides is 1. The zero-order valence-electron chi connectivity index (χ0n) is 8.21. The Morgan fingerprint density at radius 3 is 2.54 bits per heavy atom. The van der Waals surface area contributed by atoms with Crippen molar-refractivity contribution in [3.63, 3.8) is 0 Å². The zero-order chi connectivity index (χ0) is 10.3. The molecule has 80 valence electrons. The molecule has 0 saturated heterocycles. The SMILES string of the molecule is CCNS(=O)(=O)CCNC(C)CN. The maximum Gasteiger partial charge on any atom is 0.212 e.